The molecule has 0 unspecified atom stereocenters. The van der Waals surface area contributed by atoms with Gasteiger partial charge in [0.05, 0.1) is 18.4 Å². The third-order valence-electron chi connectivity index (χ3n) is 3.28. The van der Waals surface area contributed by atoms with Gasteiger partial charge in [0, 0.05) is 17.8 Å². The van der Waals surface area contributed by atoms with Gasteiger partial charge >= 0.3 is 11.9 Å². The molecule has 0 fully saturated rings. The first-order valence-corrected chi connectivity index (χ1v) is 7.31. The number of carbonyl (C=O) groups excluding carboxylic acids is 2. The number of benzene rings is 1. The van der Waals surface area contributed by atoms with Crippen molar-refractivity contribution in [2.24, 2.45) is 0 Å². The van der Waals surface area contributed by atoms with Crippen LogP contribution in [0.1, 0.15) is 33.5 Å². The highest BCUT2D eigenvalue weighted by Gasteiger charge is 2.23. The molecular weight excluding hydrogens is 312 g/mol. The van der Waals surface area contributed by atoms with E-state index in [4.69, 9.17) is 13.9 Å². The molecule has 0 aliphatic carbocycles. The molecule has 0 N–H and O–H groups in total. The van der Waals surface area contributed by atoms with Gasteiger partial charge < -0.3 is 13.9 Å². The molecule has 0 saturated carbocycles. The number of esters is 2. The summed E-state index contributed by atoms with van der Waals surface area (Å²) in [6.07, 6.45) is 4.16. The maximum Gasteiger partial charge on any atom is 0.374 e. The lowest BCUT2D eigenvalue weighted by Crippen LogP contribution is -2.10. The van der Waals surface area contributed by atoms with Crippen molar-refractivity contribution in [2.75, 3.05) is 6.61 Å². The third kappa shape index (κ3) is 3.10. The lowest BCUT2D eigenvalue weighted by Gasteiger charge is -2.05. The average molecular weight is 326 g/mol. The standard InChI is InChI=1S/C17H14N2O5/c1-2-22-17(21)15-12(11-5-3-4-6-14(11)24-15)10-23-16(20)13-9-18-7-8-19-13/h3-9H,2,10H2,1H3. The molecule has 7 heteroatoms. The van der Waals surface area contributed by atoms with Gasteiger partial charge in [-0.05, 0) is 13.0 Å². The lowest BCUT2D eigenvalue weighted by atomic mass is 10.1. The number of rotatable bonds is 5. The SMILES string of the molecule is CCOC(=O)c1oc2ccccc2c1COC(=O)c1cnccn1. The normalized spacial score (nSPS) is 10.5. The Hall–Kier alpha value is -3.22. The molecule has 0 amide bonds. The van der Waals surface area contributed by atoms with E-state index in [1.807, 2.05) is 0 Å². The van der Waals surface area contributed by atoms with Crippen LogP contribution >= 0.6 is 0 Å². The van der Waals surface area contributed by atoms with Gasteiger partial charge in [0.15, 0.2) is 5.69 Å². The van der Waals surface area contributed by atoms with Crippen molar-refractivity contribution < 1.29 is 23.5 Å². The highest BCUT2D eigenvalue weighted by molar-refractivity contribution is 5.96. The molecule has 0 aliphatic rings. The average Bonchev–Trinajstić information content (AvgIpc) is 2.99. The van der Waals surface area contributed by atoms with Gasteiger partial charge in [-0.25, -0.2) is 14.6 Å². The van der Waals surface area contributed by atoms with Crippen LogP contribution in [0.4, 0.5) is 0 Å². The number of para-hydroxylation sites is 1. The van der Waals surface area contributed by atoms with E-state index < -0.39 is 11.9 Å². The van der Waals surface area contributed by atoms with Crippen LogP contribution < -0.4 is 0 Å². The predicted molar refractivity (Wildman–Crippen MR) is 83.3 cm³/mol. The monoisotopic (exact) mass is 326 g/mol. The van der Waals surface area contributed by atoms with Crippen LogP contribution in [0.5, 0.6) is 0 Å². The zero-order chi connectivity index (χ0) is 16.9. The maximum absolute atomic E-state index is 12.1. The number of ether oxygens (including phenoxy) is 2. The Labute approximate surface area is 137 Å². The fourth-order valence-corrected chi connectivity index (χ4v) is 2.22. The van der Waals surface area contributed by atoms with Crippen LogP contribution in [0.25, 0.3) is 11.0 Å². The first-order valence-electron chi connectivity index (χ1n) is 7.31. The molecule has 24 heavy (non-hydrogen) atoms. The number of hydrogen-bond donors (Lipinski definition) is 0. The van der Waals surface area contributed by atoms with Crippen molar-refractivity contribution in [3.63, 3.8) is 0 Å². The Morgan fingerprint density at radius 1 is 1.12 bits per heavy atom. The van der Waals surface area contributed by atoms with Crippen LogP contribution in [0.2, 0.25) is 0 Å². The van der Waals surface area contributed by atoms with Crippen molar-refractivity contribution in [3.05, 3.63) is 59.9 Å². The van der Waals surface area contributed by atoms with Gasteiger partial charge in [-0.15, -0.1) is 0 Å². The van der Waals surface area contributed by atoms with Crippen molar-refractivity contribution in [2.45, 2.75) is 13.5 Å². The minimum atomic E-state index is -0.636. The van der Waals surface area contributed by atoms with Gasteiger partial charge in [0.25, 0.3) is 0 Å². The molecule has 3 aromatic rings. The van der Waals surface area contributed by atoms with Crippen LogP contribution in [0.3, 0.4) is 0 Å². The Balaban J connectivity index is 1.88. The van der Waals surface area contributed by atoms with Gasteiger partial charge in [-0.2, -0.15) is 0 Å². The molecule has 2 aromatic heterocycles. The minimum absolute atomic E-state index is 0.0324. The highest BCUT2D eigenvalue weighted by atomic mass is 16.5. The van der Waals surface area contributed by atoms with E-state index in [2.05, 4.69) is 9.97 Å². The molecule has 0 spiro atoms. The smallest absolute Gasteiger partial charge is 0.374 e. The van der Waals surface area contributed by atoms with Gasteiger partial charge in [0.2, 0.25) is 5.76 Å². The van der Waals surface area contributed by atoms with Crippen LogP contribution in [0, 0.1) is 0 Å². The number of aromatic nitrogens is 2. The van der Waals surface area contributed by atoms with E-state index >= 15 is 0 Å². The fraction of sp³-hybridized carbons (Fsp3) is 0.176. The summed E-state index contributed by atoms with van der Waals surface area (Å²) in [5.41, 5.74) is 1.07. The van der Waals surface area contributed by atoms with E-state index in [0.717, 1.165) is 0 Å². The molecule has 3 rings (SSSR count). The zero-order valence-corrected chi connectivity index (χ0v) is 12.9. The number of hydrogen-bond acceptors (Lipinski definition) is 7. The summed E-state index contributed by atoms with van der Waals surface area (Å²) in [6, 6.07) is 7.11. The first kappa shape index (κ1) is 15.7. The molecule has 2 heterocycles. The van der Waals surface area contributed by atoms with Crippen molar-refractivity contribution in [3.8, 4) is 0 Å². The molecule has 7 nitrogen and oxygen atoms in total. The molecule has 1 aromatic carbocycles. The van der Waals surface area contributed by atoms with E-state index in [1.54, 1.807) is 31.2 Å². The van der Waals surface area contributed by atoms with Crippen molar-refractivity contribution in [1.29, 1.82) is 0 Å². The fourth-order valence-electron chi connectivity index (χ4n) is 2.22. The summed E-state index contributed by atoms with van der Waals surface area (Å²) in [7, 11) is 0. The largest absolute Gasteiger partial charge is 0.460 e. The van der Waals surface area contributed by atoms with Crippen LogP contribution in [0.15, 0.2) is 47.3 Å². The second kappa shape index (κ2) is 6.91. The summed E-state index contributed by atoms with van der Waals surface area (Å²) < 4.78 is 15.8. The van der Waals surface area contributed by atoms with E-state index in [-0.39, 0.29) is 24.7 Å². The Kier molecular flexibility index (Phi) is 4.51. The topological polar surface area (TPSA) is 91.5 Å². The number of nitrogens with zero attached hydrogens (tertiary/aromatic N) is 2. The quantitative estimate of drug-likeness (QED) is 0.666. The second-order valence-electron chi connectivity index (χ2n) is 4.79. The summed E-state index contributed by atoms with van der Waals surface area (Å²) in [5.74, 6) is -1.20. The Morgan fingerprint density at radius 3 is 2.71 bits per heavy atom. The predicted octanol–water partition coefficient (Wildman–Crippen LogP) is 2.76. The number of carbonyl (C=O) groups is 2. The summed E-state index contributed by atoms with van der Waals surface area (Å²) >= 11 is 0. The maximum atomic E-state index is 12.1. The van der Waals surface area contributed by atoms with E-state index in [0.29, 0.717) is 16.5 Å². The molecule has 0 saturated heterocycles. The van der Waals surface area contributed by atoms with Crippen molar-refractivity contribution >= 4 is 22.9 Å². The Bertz CT molecular complexity index is 873. The second-order valence-corrected chi connectivity index (χ2v) is 4.79. The van der Waals surface area contributed by atoms with E-state index in [1.165, 1.54) is 18.6 Å². The molecule has 0 bridgehead atoms. The van der Waals surface area contributed by atoms with E-state index in [9.17, 15) is 9.59 Å². The van der Waals surface area contributed by atoms with Crippen molar-refractivity contribution in [1.82, 2.24) is 9.97 Å². The summed E-state index contributed by atoms with van der Waals surface area (Å²) in [4.78, 5) is 31.8. The molecular formula is C17H14N2O5. The zero-order valence-electron chi connectivity index (χ0n) is 12.9. The number of fused-ring (bicyclic) bond motifs is 1. The molecule has 0 aliphatic heterocycles. The van der Waals surface area contributed by atoms with Gasteiger partial charge in [-0.1, -0.05) is 18.2 Å². The van der Waals surface area contributed by atoms with Crippen LogP contribution in [-0.4, -0.2) is 28.5 Å². The minimum Gasteiger partial charge on any atom is -0.460 e. The van der Waals surface area contributed by atoms with Gasteiger partial charge in [0.1, 0.15) is 12.2 Å². The van der Waals surface area contributed by atoms with Crippen LogP contribution in [-0.2, 0) is 16.1 Å². The summed E-state index contributed by atoms with van der Waals surface area (Å²) in [5, 5.41) is 0.687. The lowest BCUT2D eigenvalue weighted by molar-refractivity contribution is 0.0431. The van der Waals surface area contributed by atoms with Gasteiger partial charge in [-0.3, -0.25) is 4.98 Å². The first-order chi connectivity index (χ1) is 11.7. The number of furan rings is 1. The molecule has 0 radical (unpaired) electrons. The highest BCUT2D eigenvalue weighted by Crippen LogP contribution is 2.27. The molecule has 122 valence electrons. The molecule has 0 atom stereocenters. The third-order valence-corrected chi connectivity index (χ3v) is 3.28. The Morgan fingerprint density at radius 2 is 1.96 bits per heavy atom. The summed E-state index contributed by atoms with van der Waals surface area (Å²) in [6.45, 7) is 1.78.